The number of esters is 1. The molecule has 0 saturated carbocycles. The molecule has 2 atom stereocenters. The molecular weight excluding hydrogens is 344 g/mol. The van der Waals surface area contributed by atoms with Crippen molar-refractivity contribution in [2.24, 2.45) is 0 Å². The van der Waals surface area contributed by atoms with Crippen molar-refractivity contribution in [3.63, 3.8) is 0 Å². The van der Waals surface area contributed by atoms with Crippen molar-refractivity contribution in [2.45, 2.75) is 39.3 Å². The molecule has 2 amide bonds. The first kappa shape index (κ1) is 19.8. The second kappa shape index (κ2) is 8.75. The third kappa shape index (κ3) is 4.57. The lowest BCUT2D eigenvalue weighted by molar-refractivity contribution is -0.686. The van der Waals surface area contributed by atoms with Gasteiger partial charge >= 0.3 is 12.0 Å². The van der Waals surface area contributed by atoms with Gasteiger partial charge < -0.3 is 20.7 Å². The van der Waals surface area contributed by atoms with E-state index in [0.29, 0.717) is 23.3 Å². The number of urea groups is 1. The Morgan fingerprint density at radius 2 is 2.04 bits per heavy atom. The van der Waals surface area contributed by atoms with Crippen molar-refractivity contribution < 1.29 is 28.4 Å². The van der Waals surface area contributed by atoms with Gasteiger partial charge in [-0.15, -0.1) is 0 Å². The van der Waals surface area contributed by atoms with E-state index < -0.39 is 23.6 Å². The van der Waals surface area contributed by atoms with Crippen molar-refractivity contribution >= 4 is 12.0 Å². The molecule has 1 aromatic rings. The van der Waals surface area contributed by atoms with Gasteiger partial charge in [0.25, 0.3) is 0 Å². The summed E-state index contributed by atoms with van der Waals surface area (Å²) in [5, 5.41) is 7.20. The normalized spacial score (nSPS) is 18.2. The highest BCUT2D eigenvalue weighted by molar-refractivity contribution is 5.94. The highest BCUT2D eigenvalue weighted by Crippen LogP contribution is 2.17. The van der Waals surface area contributed by atoms with E-state index in [1.165, 1.54) is 6.07 Å². The molecule has 26 heavy (non-hydrogen) atoms. The third-order valence-corrected chi connectivity index (χ3v) is 4.29. The fraction of sp³-hybridized carbons (Fsp3) is 0.444. The van der Waals surface area contributed by atoms with Gasteiger partial charge in [0.05, 0.1) is 23.9 Å². The lowest BCUT2D eigenvalue weighted by Gasteiger charge is -2.28. The Morgan fingerprint density at radius 3 is 2.65 bits per heavy atom. The van der Waals surface area contributed by atoms with E-state index >= 15 is 0 Å². The fourth-order valence-corrected chi connectivity index (χ4v) is 2.85. The van der Waals surface area contributed by atoms with Crippen LogP contribution in [0.1, 0.15) is 38.8 Å². The quantitative estimate of drug-likeness (QED) is 0.638. The molecule has 142 valence electrons. The zero-order valence-electron chi connectivity index (χ0n) is 15.1. The van der Waals surface area contributed by atoms with Crippen molar-refractivity contribution in [3.8, 4) is 0 Å². The summed E-state index contributed by atoms with van der Waals surface area (Å²) in [4.78, 5) is 24.2. The monoisotopic (exact) mass is 368 g/mol. The molecule has 0 fully saturated rings. The van der Waals surface area contributed by atoms with Crippen LogP contribution in [0.5, 0.6) is 0 Å². The summed E-state index contributed by atoms with van der Waals surface area (Å²) in [6.07, 6.45) is 0.545. The second-order valence-electron chi connectivity index (χ2n) is 6.07. The Bertz CT molecular complexity index is 722. The molecule has 2 rings (SSSR count). The second-order valence-corrected chi connectivity index (χ2v) is 6.07. The van der Waals surface area contributed by atoms with E-state index in [-0.39, 0.29) is 25.2 Å². The standard InChI is InChI=1S/C18H23F2N3O3/c1-4-14-16(17(24)26-5-2)15(23-18(25)22-14)9-21-10(3)11-6-7-12(19)13(20)8-11/h6-8,10,14,21H,4-5,9H2,1-3H3,(H2,22,23,25)/p+1/t10-,14+/m1/s1. The minimum atomic E-state index is -0.907. The van der Waals surface area contributed by atoms with Gasteiger partial charge in [-0.05, 0) is 38.5 Å². The molecule has 1 aromatic carbocycles. The van der Waals surface area contributed by atoms with E-state index in [0.717, 1.165) is 12.1 Å². The molecule has 1 aliphatic heterocycles. The van der Waals surface area contributed by atoms with Gasteiger partial charge in [0.1, 0.15) is 12.6 Å². The SMILES string of the molecule is CCOC(=O)C1=C(C[NH2+][C@H](C)c2ccc(F)c(F)c2)NC(=O)N[C@H]1CC. The first-order valence-corrected chi connectivity index (χ1v) is 8.63. The third-order valence-electron chi connectivity index (χ3n) is 4.29. The summed E-state index contributed by atoms with van der Waals surface area (Å²) in [5.41, 5.74) is 1.46. The maximum absolute atomic E-state index is 13.4. The van der Waals surface area contributed by atoms with E-state index in [1.807, 2.05) is 19.2 Å². The number of hydrogen-bond donors (Lipinski definition) is 3. The van der Waals surface area contributed by atoms with Crippen LogP contribution in [0.15, 0.2) is 29.5 Å². The number of carbonyl (C=O) groups excluding carboxylic acids is 2. The van der Waals surface area contributed by atoms with Crippen LogP contribution in [-0.2, 0) is 9.53 Å². The maximum atomic E-state index is 13.4. The number of amides is 2. The number of quaternary nitrogens is 1. The summed E-state index contributed by atoms with van der Waals surface area (Å²) in [6, 6.07) is 2.73. The summed E-state index contributed by atoms with van der Waals surface area (Å²) >= 11 is 0. The molecular formula is C18H24F2N3O3+. The molecule has 8 heteroatoms. The smallest absolute Gasteiger partial charge is 0.338 e. The Hall–Kier alpha value is -2.48. The topological polar surface area (TPSA) is 84.0 Å². The summed E-state index contributed by atoms with van der Waals surface area (Å²) in [5.74, 6) is -2.28. The molecule has 0 bridgehead atoms. The maximum Gasteiger partial charge on any atom is 0.338 e. The van der Waals surface area contributed by atoms with Gasteiger partial charge in [-0.1, -0.05) is 6.92 Å². The largest absolute Gasteiger partial charge is 0.463 e. The summed E-state index contributed by atoms with van der Waals surface area (Å²) in [7, 11) is 0. The number of benzene rings is 1. The van der Waals surface area contributed by atoms with Crippen LogP contribution < -0.4 is 16.0 Å². The van der Waals surface area contributed by atoms with Gasteiger partial charge in [-0.25, -0.2) is 18.4 Å². The van der Waals surface area contributed by atoms with E-state index in [2.05, 4.69) is 10.6 Å². The number of halogens is 2. The van der Waals surface area contributed by atoms with Crippen molar-refractivity contribution in [3.05, 3.63) is 46.7 Å². The number of carbonyl (C=O) groups is 2. The molecule has 1 aliphatic rings. The van der Waals surface area contributed by atoms with Crippen LogP contribution in [0.25, 0.3) is 0 Å². The highest BCUT2D eigenvalue weighted by atomic mass is 19.2. The molecule has 4 N–H and O–H groups in total. The number of hydrogen-bond acceptors (Lipinski definition) is 3. The van der Waals surface area contributed by atoms with E-state index in [1.54, 1.807) is 6.92 Å². The number of ether oxygens (including phenoxy) is 1. The zero-order chi connectivity index (χ0) is 19.3. The van der Waals surface area contributed by atoms with Crippen LogP contribution >= 0.6 is 0 Å². The van der Waals surface area contributed by atoms with Crippen LogP contribution in [0, 0.1) is 11.6 Å². The summed E-state index contributed by atoms with van der Waals surface area (Å²) < 4.78 is 31.6. The van der Waals surface area contributed by atoms with Crippen LogP contribution in [0.4, 0.5) is 13.6 Å². The molecule has 0 spiro atoms. The van der Waals surface area contributed by atoms with E-state index in [9.17, 15) is 18.4 Å². The Morgan fingerprint density at radius 1 is 1.31 bits per heavy atom. The Labute approximate surface area is 151 Å². The minimum absolute atomic E-state index is 0.201. The predicted octanol–water partition coefficient (Wildman–Crippen LogP) is 1.50. The van der Waals surface area contributed by atoms with E-state index in [4.69, 9.17) is 4.74 Å². The molecule has 6 nitrogen and oxygen atoms in total. The molecule has 0 saturated heterocycles. The van der Waals surface area contributed by atoms with Crippen LogP contribution in [-0.4, -0.2) is 31.2 Å². The van der Waals surface area contributed by atoms with Crippen molar-refractivity contribution in [2.75, 3.05) is 13.2 Å². The lowest BCUT2D eigenvalue weighted by atomic mass is 10.00. The Kier molecular flexibility index (Phi) is 6.68. The lowest BCUT2D eigenvalue weighted by Crippen LogP contribution is -2.86. The van der Waals surface area contributed by atoms with Gasteiger partial charge in [-0.2, -0.15) is 0 Å². The molecule has 1 heterocycles. The summed E-state index contributed by atoms with van der Waals surface area (Å²) in [6.45, 7) is 5.93. The molecule has 0 aliphatic carbocycles. The molecule has 0 unspecified atom stereocenters. The van der Waals surface area contributed by atoms with Crippen LogP contribution in [0.3, 0.4) is 0 Å². The number of rotatable bonds is 7. The first-order chi connectivity index (χ1) is 12.4. The van der Waals surface area contributed by atoms with Gasteiger partial charge in [0, 0.05) is 5.56 Å². The molecule has 0 aromatic heterocycles. The predicted molar refractivity (Wildman–Crippen MR) is 91.0 cm³/mol. The number of nitrogens with two attached hydrogens (primary N) is 1. The van der Waals surface area contributed by atoms with Gasteiger partial charge in [-0.3, -0.25) is 0 Å². The molecule has 0 radical (unpaired) electrons. The first-order valence-electron chi connectivity index (χ1n) is 8.63. The number of nitrogens with one attached hydrogen (secondary N) is 2. The van der Waals surface area contributed by atoms with Crippen molar-refractivity contribution in [1.29, 1.82) is 0 Å². The fourth-order valence-electron chi connectivity index (χ4n) is 2.85. The average Bonchev–Trinajstić information content (AvgIpc) is 2.61. The zero-order valence-corrected chi connectivity index (χ0v) is 15.1. The van der Waals surface area contributed by atoms with Gasteiger partial charge in [0.2, 0.25) is 0 Å². The van der Waals surface area contributed by atoms with Crippen molar-refractivity contribution in [1.82, 2.24) is 10.6 Å². The minimum Gasteiger partial charge on any atom is -0.463 e. The highest BCUT2D eigenvalue weighted by Gasteiger charge is 2.32. The average molecular weight is 368 g/mol. The van der Waals surface area contributed by atoms with Gasteiger partial charge in [0.15, 0.2) is 11.6 Å². The van der Waals surface area contributed by atoms with Crippen LogP contribution in [0.2, 0.25) is 0 Å². The Balaban J connectivity index is 2.20.